The molecule has 2 N–H and O–H groups in total. The molecule has 0 radical (unpaired) electrons. The highest BCUT2D eigenvalue weighted by molar-refractivity contribution is 7.88. The topological polar surface area (TPSA) is 98.8 Å². The van der Waals surface area contributed by atoms with Crippen molar-refractivity contribution in [2.75, 3.05) is 43.9 Å². The quantitative estimate of drug-likeness (QED) is 0.730. The summed E-state index contributed by atoms with van der Waals surface area (Å²) in [5.41, 5.74) is 2.31. The maximum Gasteiger partial charge on any atom is 0.255 e. The second-order valence-electron chi connectivity index (χ2n) is 7.37. The number of nitrogens with one attached hydrogen (secondary N) is 2. The van der Waals surface area contributed by atoms with Crippen LogP contribution in [0.1, 0.15) is 22.8 Å². The summed E-state index contributed by atoms with van der Waals surface area (Å²) in [7, 11) is -1.40. The summed E-state index contributed by atoms with van der Waals surface area (Å²) < 4.78 is 26.8. The van der Waals surface area contributed by atoms with E-state index in [2.05, 4.69) is 15.5 Å². The van der Waals surface area contributed by atoms with Crippen LogP contribution in [0.5, 0.6) is 0 Å². The number of anilines is 2. The number of piperazine rings is 1. The number of hydrogen-bond acceptors (Lipinski definition) is 5. The highest BCUT2D eigenvalue weighted by Gasteiger charge is 2.25. The van der Waals surface area contributed by atoms with Crippen LogP contribution >= 0.6 is 0 Å². The van der Waals surface area contributed by atoms with Gasteiger partial charge in [-0.1, -0.05) is 12.1 Å². The Kier molecular flexibility index (Phi) is 6.86. The van der Waals surface area contributed by atoms with Crippen molar-refractivity contribution < 1.29 is 18.0 Å². The SMILES string of the molecule is CC(=O)Nc1ccc(NC(=O)c2ccc(CS(=O)(=O)N3CCN(C)CC3)cc2)cc1. The van der Waals surface area contributed by atoms with Crippen molar-refractivity contribution >= 4 is 33.2 Å². The molecule has 0 aromatic heterocycles. The van der Waals surface area contributed by atoms with E-state index in [-0.39, 0.29) is 17.6 Å². The molecule has 2 aromatic rings. The molecular formula is C21H26N4O4S. The van der Waals surface area contributed by atoms with Crippen LogP contribution in [0.4, 0.5) is 11.4 Å². The van der Waals surface area contributed by atoms with Crippen molar-refractivity contribution in [1.82, 2.24) is 9.21 Å². The fourth-order valence-electron chi connectivity index (χ4n) is 3.16. The van der Waals surface area contributed by atoms with Crippen LogP contribution in [0.3, 0.4) is 0 Å². The van der Waals surface area contributed by atoms with Crippen LogP contribution in [-0.4, -0.2) is 62.7 Å². The summed E-state index contributed by atoms with van der Waals surface area (Å²) in [6.45, 7) is 3.88. The number of sulfonamides is 1. The molecule has 2 aromatic carbocycles. The first-order valence-corrected chi connectivity index (χ1v) is 11.3. The van der Waals surface area contributed by atoms with Gasteiger partial charge in [-0.05, 0) is 49.0 Å². The zero-order valence-electron chi connectivity index (χ0n) is 17.1. The third kappa shape index (κ3) is 5.88. The predicted molar refractivity (Wildman–Crippen MR) is 117 cm³/mol. The molecule has 9 heteroatoms. The molecule has 1 saturated heterocycles. The average Bonchev–Trinajstić information content (AvgIpc) is 2.69. The van der Waals surface area contributed by atoms with Gasteiger partial charge in [0, 0.05) is 50.0 Å². The number of rotatable bonds is 6. The molecule has 1 heterocycles. The van der Waals surface area contributed by atoms with Crippen LogP contribution < -0.4 is 10.6 Å². The Morgan fingerprint density at radius 3 is 1.93 bits per heavy atom. The molecule has 1 aliphatic rings. The Labute approximate surface area is 176 Å². The van der Waals surface area contributed by atoms with Gasteiger partial charge in [0.25, 0.3) is 5.91 Å². The number of likely N-dealkylation sites (N-methyl/N-ethyl adjacent to an activating group) is 1. The fourth-order valence-corrected chi connectivity index (χ4v) is 4.68. The maximum atomic E-state index is 12.6. The summed E-state index contributed by atoms with van der Waals surface area (Å²) >= 11 is 0. The Morgan fingerprint density at radius 2 is 1.40 bits per heavy atom. The highest BCUT2D eigenvalue weighted by atomic mass is 32.2. The first-order chi connectivity index (χ1) is 14.2. The maximum absolute atomic E-state index is 12.6. The molecule has 0 spiro atoms. The largest absolute Gasteiger partial charge is 0.326 e. The van der Waals surface area contributed by atoms with E-state index in [0.29, 0.717) is 35.6 Å². The van der Waals surface area contributed by atoms with Gasteiger partial charge in [0.05, 0.1) is 5.75 Å². The van der Waals surface area contributed by atoms with Crippen LogP contribution in [-0.2, 0) is 20.6 Å². The van der Waals surface area contributed by atoms with Gasteiger partial charge in [-0.15, -0.1) is 0 Å². The first-order valence-electron chi connectivity index (χ1n) is 9.67. The monoisotopic (exact) mass is 430 g/mol. The van der Waals surface area contributed by atoms with Gasteiger partial charge in [-0.2, -0.15) is 4.31 Å². The van der Waals surface area contributed by atoms with Crippen molar-refractivity contribution in [2.24, 2.45) is 0 Å². The molecule has 0 saturated carbocycles. The average molecular weight is 431 g/mol. The van der Waals surface area contributed by atoms with Crippen LogP contribution in [0.2, 0.25) is 0 Å². The summed E-state index contributed by atoms with van der Waals surface area (Å²) in [6.07, 6.45) is 0. The minimum Gasteiger partial charge on any atom is -0.326 e. The van der Waals surface area contributed by atoms with E-state index >= 15 is 0 Å². The molecule has 1 aliphatic heterocycles. The standard InChI is InChI=1S/C21H26N4O4S/c1-16(26)22-19-7-9-20(10-8-19)23-21(27)18-5-3-17(4-6-18)15-30(28,29)25-13-11-24(2)12-14-25/h3-10H,11-15H2,1-2H3,(H,22,26)(H,23,27). The van der Waals surface area contributed by atoms with Gasteiger partial charge in [0.2, 0.25) is 15.9 Å². The van der Waals surface area contributed by atoms with Gasteiger partial charge in [-0.25, -0.2) is 8.42 Å². The lowest BCUT2D eigenvalue weighted by molar-refractivity contribution is -0.114. The molecule has 1 fully saturated rings. The lowest BCUT2D eigenvalue weighted by Gasteiger charge is -2.31. The van der Waals surface area contributed by atoms with Gasteiger partial charge in [-0.3, -0.25) is 9.59 Å². The fraction of sp³-hybridized carbons (Fsp3) is 0.333. The van der Waals surface area contributed by atoms with Crippen molar-refractivity contribution in [3.63, 3.8) is 0 Å². The smallest absolute Gasteiger partial charge is 0.255 e. The van der Waals surface area contributed by atoms with Crippen LogP contribution in [0, 0.1) is 0 Å². The summed E-state index contributed by atoms with van der Waals surface area (Å²) in [5.74, 6) is -0.541. The Morgan fingerprint density at radius 1 is 0.867 bits per heavy atom. The van der Waals surface area contributed by atoms with Crippen molar-refractivity contribution in [3.8, 4) is 0 Å². The van der Waals surface area contributed by atoms with Crippen molar-refractivity contribution in [1.29, 1.82) is 0 Å². The minimum absolute atomic E-state index is 0.0801. The van der Waals surface area contributed by atoms with Gasteiger partial charge in [0.1, 0.15) is 0 Å². The number of hydrogen-bond donors (Lipinski definition) is 2. The van der Waals surface area contributed by atoms with Gasteiger partial charge in [0.15, 0.2) is 0 Å². The minimum atomic E-state index is -3.38. The molecule has 30 heavy (non-hydrogen) atoms. The number of benzene rings is 2. The van der Waals surface area contributed by atoms with Crippen molar-refractivity contribution in [2.45, 2.75) is 12.7 Å². The van der Waals surface area contributed by atoms with E-state index in [0.717, 1.165) is 13.1 Å². The van der Waals surface area contributed by atoms with Gasteiger partial charge < -0.3 is 15.5 Å². The Balaban J connectivity index is 1.59. The predicted octanol–water partition coefficient (Wildman–Crippen LogP) is 1.97. The first kappa shape index (κ1) is 21.9. The van der Waals surface area contributed by atoms with E-state index < -0.39 is 10.0 Å². The Bertz CT molecular complexity index is 996. The molecule has 0 unspecified atom stereocenters. The van der Waals surface area contributed by atoms with E-state index in [1.807, 2.05) is 7.05 Å². The van der Waals surface area contributed by atoms with E-state index in [1.165, 1.54) is 11.2 Å². The lowest BCUT2D eigenvalue weighted by Crippen LogP contribution is -2.47. The van der Waals surface area contributed by atoms with Crippen molar-refractivity contribution in [3.05, 3.63) is 59.7 Å². The highest BCUT2D eigenvalue weighted by Crippen LogP contribution is 2.17. The molecule has 8 nitrogen and oxygen atoms in total. The molecule has 0 atom stereocenters. The van der Waals surface area contributed by atoms with E-state index in [9.17, 15) is 18.0 Å². The second kappa shape index (κ2) is 9.38. The second-order valence-corrected chi connectivity index (χ2v) is 9.34. The normalized spacial score (nSPS) is 15.5. The molecule has 0 bridgehead atoms. The zero-order valence-corrected chi connectivity index (χ0v) is 17.9. The summed E-state index contributed by atoms with van der Waals surface area (Å²) in [6, 6.07) is 13.4. The number of carbonyl (C=O) groups excluding carboxylic acids is 2. The molecule has 2 amide bonds. The zero-order chi connectivity index (χ0) is 21.7. The third-order valence-electron chi connectivity index (χ3n) is 4.88. The molecular weight excluding hydrogens is 404 g/mol. The summed E-state index contributed by atoms with van der Waals surface area (Å²) in [4.78, 5) is 25.6. The molecule has 3 rings (SSSR count). The van der Waals surface area contributed by atoms with Crippen LogP contribution in [0.25, 0.3) is 0 Å². The summed E-state index contributed by atoms with van der Waals surface area (Å²) in [5, 5.41) is 5.44. The van der Waals surface area contributed by atoms with E-state index in [4.69, 9.17) is 0 Å². The van der Waals surface area contributed by atoms with Crippen LogP contribution in [0.15, 0.2) is 48.5 Å². The molecule has 0 aliphatic carbocycles. The van der Waals surface area contributed by atoms with E-state index in [1.54, 1.807) is 48.5 Å². The number of nitrogens with zero attached hydrogens (tertiary/aromatic N) is 2. The number of carbonyl (C=O) groups is 2. The Hall–Kier alpha value is -2.75. The van der Waals surface area contributed by atoms with Gasteiger partial charge >= 0.3 is 0 Å². The number of amides is 2. The lowest BCUT2D eigenvalue weighted by atomic mass is 10.1. The third-order valence-corrected chi connectivity index (χ3v) is 6.73. The molecule has 160 valence electrons.